The summed E-state index contributed by atoms with van der Waals surface area (Å²) in [5, 5.41) is 8.90. The molecule has 0 bridgehead atoms. The second kappa shape index (κ2) is 5.81. The van der Waals surface area contributed by atoms with Crippen molar-refractivity contribution in [1.29, 1.82) is 0 Å². The molecule has 0 saturated carbocycles. The lowest BCUT2D eigenvalue weighted by atomic mass is 10.3. The Balaban J connectivity index is 2.91. The summed E-state index contributed by atoms with van der Waals surface area (Å²) < 4.78 is 0. The highest BCUT2D eigenvalue weighted by Crippen LogP contribution is 2.15. The summed E-state index contributed by atoms with van der Waals surface area (Å²) in [6.45, 7) is 4.78. The molecule has 3 N–H and O–H groups in total. The Morgan fingerprint density at radius 3 is 2.56 bits per heavy atom. The van der Waals surface area contributed by atoms with Gasteiger partial charge in [-0.05, 0) is 31.9 Å². The second-order valence-electron chi connectivity index (χ2n) is 3.63. The quantitative estimate of drug-likeness (QED) is 0.794. The molecule has 0 atom stereocenters. The third-order valence-electron chi connectivity index (χ3n) is 2.05. The average Bonchev–Trinajstić information content (AvgIpc) is 2.16. The first kappa shape index (κ1) is 12.9. The Morgan fingerprint density at radius 1 is 1.38 bits per heavy atom. The predicted octanol–water partition coefficient (Wildman–Crippen LogP) is 0.704. The first-order valence-electron chi connectivity index (χ1n) is 5.09. The summed E-state index contributed by atoms with van der Waals surface area (Å²) >= 11 is 5.71. The van der Waals surface area contributed by atoms with E-state index in [-0.39, 0.29) is 23.9 Å². The minimum absolute atomic E-state index is 0.0807. The largest absolute Gasteiger partial charge is 0.396 e. The topological polar surface area (TPSA) is 88.2 Å². The molecule has 7 heteroatoms. The maximum atomic E-state index is 8.82. The van der Waals surface area contributed by atoms with Gasteiger partial charge in [-0.25, -0.2) is 0 Å². The number of rotatable bonds is 5. The zero-order valence-corrected chi connectivity index (χ0v) is 10.1. The van der Waals surface area contributed by atoms with Crippen molar-refractivity contribution in [1.82, 2.24) is 15.0 Å². The van der Waals surface area contributed by atoms with E-state index in [9.17, 15) is 0 Å². The normalized spacial score (nSPS) is 10.8. The number of halogens is 1. The van der Waals surface area contributed by atoms with Gasteiger partial charge in [-0.2, -0.15) is 15.0 Å². The fourth-order valence-corrected chi connectivity index (χ4v) is 1.48. The minimum Gasteiger partial charge on any atom is -0.396 e. The van der Waals surface area contributed by atoms with Crippen LogP contribution in [-0.4, -0.2) is 39.3 Å². The molecule has 0 saturated heterocycles. The number of nitrogens with zero attached hydrogens (tertiary/aromatic N) is 4. The highest BCUT2D eigenvalue weighted by Gasteiger charge is 2.14. The molecule has 0 amide bonds. The van der Waals surface area contributed by atoms with Gasteiger partial charge in [-0.3, -0.25) is 0 Å². The summed E-state index contributed by atoms with van der Waals surface area (Å²) in [5.41, 5.74) is 5.50. The lowest BCUT2D eigenvalue weighted by Crippen LogP contribution is -2.34. The van der Waals surface area contributed by atoms with Crippen LogP contribution in [0.4, 0.5) is 11.9 Å². The van der Waals surface area contributed by atoms with E-state index in [1.165, 1.54) is 0 Å². The zero-order chi connectivity index (χ0) is 12.1. The minimum atomic E-state index is 0.0807. The van der Waals surface area contributed by atoms with Crippen LogP contribution in [0.3, 0.4) is 0 Å². The molecule has 6 nitrogen and oxygen atoms in total. The molecule has 90 valence electrons. The fourth-order valence-electron chi connectivity index (χ4n) is 1.31. The van der Waals surface area contributed by atoms with E-state index in [0.29, 0.717) is 18.9 Å². The van der Waals surface area contributed by atoms with E-state index in [1.807, 2.05) is 18.7 Å². The molecular weight excluding hydrogens is 230 g/mol. The molecule has 1 heterocycles. The van der Waals surface area contributed by atoms with Gasteiger partial charge in [0.2, 0.25) is 17.2 Å². The van der Waals surface area contributed by atoms with Gasteiger partial charge in [0.15, 0.2) is 0 Å². The van der Waals surface area contributed by atoms with Crippen molar-refractivity contribution in [3.63, 3.8) is 0 Å². The van der Waals surface area contributed by atoms with Gasteiger partial charge in [0.05, 0.1) is 0 Å². The van der Waals surface area contributed by atoms with Crippen molar-refractivity contribution in [2.75, 3.05) is 23.8 Å². The van der Waals surface area contributed by atoms with Crippen LogP contribution >= 0.6 is 11.6 Å². The van der Waals surface area contributed by atoms with Gasteiger partial charge in [-0.15, -0.1) is 0 Å². The van der Waals surface area contributed by atoms with Crippen LogP contribution in [0.2, 0.25) is 5.28 Å². The number of anilines is 2. The van der Waals surface area contributed by atoms with E-state index in [0.717, 1.165) is 0 Å². The van der Waals surface area contributed by atoms with Gasteiger partial charge < -0.3 is 15.7 Å². The van der Waals surface area contributed by atoms with Crippen molar-refractivity contribution < 1.29 is 5.11 Å². The summed E-state index contributed by atoms with van der Waals surface area (Å²) in [6, 6.07) is 0.199. The molecule has 0 aromatic carbocycles. The number of aromatic nitrogens is 3. The molecular formula is C9H16ClN5O. The van der Waals surface area contributed by atoms with Gasteiger partial charge in [0, 0.05) is 19.2 Å². The number of aliphatic hydroxyl groups is 1. The molecule has 0 fully saturated rings. The predicted molar refractivity (Wildman–Crippen MR) is 63.4 cm³/mol. The Labute approximate surface area is 99.5 Å². The van der Waals surface area contributed by atoms with Crippen molar-refractivity contribution in [3.05, 3.63) is 5.28 Å². The monoisotopic (exact) mass is 245 g/mol. The molecule has 0 radical (unpaired) electrons. The maximum absolute atomic E-state index is 8.82. The molecule has 1 rings (SSSR count). The molecule has 0 aliphatic rings. The fraction of sp³-hybridized carbons (Fsp3) is 0.667. The van der Waals surface area contributed by atoms with Crippen LogP contribution < -0.4 is 10.6 Å². The molecule has 1 aromatic rings. The van der Waals surface area contributed by atoms with Crippen LogP contribution in [-0.2, 0) is 0 Å². The number of aliphatic hydroxyl groups excluding tert-OH is 1. The van der Waals surface area contributed by atoms with Crippen LogP contribution in [0.25, 0.3) is 0 Å². The zero-order valence-electron chi connectivity index (χ0n) is 9.39. The average molecular weight is 246 g/mol. The van der Waals surface area contributed by atoms with Gasteiger partial charge in [-0.1, -0.05) is 0 Å². The van der Waals surface area contributed by atoms with Crippen molar-refractivity contribution in [2.45, 2.75) is 26.3 Å². The standard InChI is InChI=1S/C9H16ClN5O/c1-6(2)15(4-3-5-16)9-13-7(10)12-8(11)14-9/h6,16H,3-5H2,1-2H3,(H2,11,12,13,14). The Morgan fingerprint density at radius 2 is 2.06 bits per heavy atom. The number of hydrogen-bond acceptors (Lipinski definition) is 6. The molecule has 0 unspecified atom stereocenters. The third kappa shape index (κ3) is 3.46. The van der Waals surface area contributed by atoms with E-state index in [1.54, 1.807) is 0 Å². The molecule has 0 aliphatic carbocycles. The number of nitrogens with two attached hydrogens (primary N) is 1. The van der Waals surface area contributed by atoms with Crippen molar-refractivity contribution in [3.8, 4) is 0 Å². The van der Waals surface area contributed by atoms with Gasteiger partial charge in [0.25, 0.3) is 0 Å². The highest BCUT2D eigenvalue weighted by molar-refractivity contribution is 6.28. The van der Waals surface area contributed by atoms with E-state index >= 15 is 0 Å². The van der Waals surface area contributed by atoms with E-state index in [2.05, 4.69) is 15.0 Å². The smallest absolute Gasteiger partial charge is 0.231 e. The second-order valence-corrected chi connectivity index (χ2v) is 3.97. The Bertz CT molecular complexity index is 326. The van der Waals surface area contributed by atoms with Gasteiger partial charge in [0.1, 0.15) is 0 Å². The third-order valence-corrected chi connectivity index (χ3v) is 2.22. The highest BCUT2D eigenvalue weighted by atomic mass is 35.5. The molecule has 16 heavy (non-hydrogen) atoms. The lowest BCUT2D eigenvalue weighted by Gasteiger charge is -2.26. The van der Waals surface area contributed by atoms with Crippen LogP contribution in [0.1, 0.15) is 20.3 Å². The summed E-state index contributed by atoms with van der Waals surface area (Å²) in [6.07, 6.45) is 0.640. The first-order valence-corrected chi connectivity index (χ1v) is 5.47. The van der Waals surface area contributed by atoms with Crippen molar-refractivity contribution >= 4 is 23.5 Å². The van der Waals surface area contributed by atoms with E-state index < -0.39 is 0 Å². The Kier molecular flexibility index (Phi) is 4.70. The molecule has 0 spiro atoms. The summed E-state index contributed by atoms with van der Waals surface area (Å²) in [7, 11) is 0. The van der Waals surface area contributed by atoms with Gasteiger partial charge >= 0.3 is 0 Å². The summed E-state index contributed by atoms with van der Waals surface area (Å²) in [4.78, 5) is 13.7. The van der Waals surface area contributed by atoms with Crippen LogP contribution in [0, 0.1) is 0 Å². The molecule has 0 aliphatic heterocycles. The lowest BCUT2D eigenvalue weighted by molar-refractivity contribution is 0.288. The maximum Gasteiger partial charge on any atom is 0.231 e. The first-order chi connectivity index (χ1) is 7.54. The molecule has 1 aromatic heterocycles. The summed E-state index contributed by atoms with van der Waals surface area (Å²) in [5.74, 6) is 0.547. The van der Waals surface area contributed by atoms with Crippen LogP contribution in [0.5, 0.6) is 0 Å². The SMILES string of the molecule is CC(C)N(CCCO)c1nc(N)nc(Cl)n1. The van der Waals surface area contributed by atoms with E-state index in [4.69, 9.17) is 22.4 Å². The number of hydrogen-bond donors (Lipinski definition) is 2. The van der Waals surface area contributed by atoms with Crippen LogP contribution in [0.15, 0.2) is 0 Å². The number of nitrogen functional groups attached to an aromatic ring is 1. The Hall–Kier alpha value is -1.14. The van der Waals surface area contributed by atoms with Crippen molar-refractivity contribution in [2.24, 2.45) is 0 Å².